The predicted molar refractivity (Wildman–Crippen MR) is 125 cm³/mol. The number of aromatic nitrogens is 1. The highest BCUT2D eigenvalue weighted by Gasteiger charge is 2.23. The van der Waals surface area contributed by atoms with Gasteiger partial charge < -0.3 is 4.90 Å². The summed E-state index contributed by atoms with van der Waals surface area (Å²) >= 11 is 0. The highest BCUT2D eigenvalue weighted by molar-refractivity contribution is 7.89. The molecule has 2 aromatic carbocycles. The maximum absolute atomic E-state index is 12.9. The van der Waals surface area contributed by atoms with Crippen molar-refractivity contribution in [2.45, 2.75) is 11.4 Å². The lowest BCUT2D eigenvalue weighted by Crippen LogP contribution is -2.48. The monoisotopic (exact) mass is 450 g/mol. The summed E-state index contributed by atoms with van der Waals surface area (Å²) in [4.78, 5) is 21.7. The Bertz CT molecular complexity index is 1210. The van der Waals surface area contributed by atoms with Crippen LogP contribution in [-0.2, 0) is 16.6 Å². The third kappa shape index (κ3) is 4.88. The highest BCUT2D eigenvalue weighted by Crippen LogP contribution is 2.19. The lowest BCUT2D eigenvalue weighted by Gasteiger charge is -2.35. The van der Waals surface area contributed by atoms with Crippen molar-refractivity contribution >= 4 is 26.8 Å². The van der Waals surface area contributed by atoms with Gasteiger partial charge in [0.15, 0.2) is 0 Å². The molecule has 166 valence electrons. The largest absolute Gasteiger partial charge is 0.336 e. The summed E-state index contributed by atoms with van der Waals surface area (Å²) in [5, 5.41) is 1.13. The Hall–Kier alpha value is -3.07. The van der Waals surface area contributed by atoms with Gasteiger partial charge in [0.2, 0.25) is 10.0 Å². The van der Waals surface area contributed by atoms with Crippen LogP contribution in [-0.4, -0.2) is 61.8 Å². The minimum atomic E-state index is -3.60. The molecule has 0 spiro atoms. The van der Waals surface area contributed by atoms with E-state index in [2.05, 4.69) is 45.5 Å². The molecular formula is C24H26N4O3S. The van der Waals surface area contributed by atoms with Crippen LogP contribution in [0.4, 0.5) is 0 Å². The van der Waals surface area contributed by atoms with Crippen molar-refractivity contribution in [3.63, 3.8) is 0 Å². The van der Waals surface area contributed by atoms with E-state index in [4.69, 9.17) is 0 Å². The second kappa shape index (κ2) is 9.60. The van der Waals surface area contributed by atoms with Crippen LogP contribution < -0.4 is 4.72 Å². The van der Waals surface area contributed by atoms with Crippen LogP contribution in [0.5, 0.6) is 0 Å². The van der Waals surface area contributed by atoms with E-state index in [1.165, 1.54) is 23.8 Å². The van der Waals surface area contributed by atoms with Gasteiger partial charge in [-0.1, -0.05) is 30.3 Å². The number of nitrogens with one attached hydrogen (secondary N) is 1. The molecule has 1 aromatic heterocycles. The average molecular weight is 451 g/mol. The number of pyridine rings is 1. The average Bonchev–Trinajstić information content (AvgIpc) is 2.83. The molecule has 32 heavy (non-hydrogen) atoms. The van der Waals surface area contributed by atoms with Gasteiger partial charge in [0.25, 0.3) is 5.91 Å². The zero-order valence-electron chi connectivity index (χ0n) is 17.8. The molecule has 1 aliphatic rings. The minimum Gasteiger partial charge on any atom is -0.336 e. The molecule has 1 saturated heterocycles. The summed E-state index contributed by atoms with van der Waals surface area (Å²) in [5.41, 5.74) is 2.69. The van der Waals surface area contributed by atoms with Crippen LogP contribution in [0, 0.1) is 0 Å². The van der Waals surface area contributed by atoms with Gasteiger partial charge in [0.05, 0.1) is 10.4 Å². The van der Waals surface area contributed by atoms with E-state index < -0.39 is 10.0 Å². The molecule has 1 aliphatic heterocycles. The number of nitrogens with zero attached hydrogens (tertiary/aromatic N) is 3. The zero-order valence-corrected chi connectivity index (χ0v) is 18.6. The van der Waals surface area contributed by atoms with Crippen LogP contribution in [0.3, 0.4) is 0 Å². The molecule has 0 bridgehead atoms. The summed E-state index contributed by atoms with van der Waals surface area (Å²) in [5.74, 6) is -0.0838. The first-order valence-corrected chi connectivity index (χ1v) is 12.0. The minimum absolute atomic E-state index is 0.0838. The number of piperazine rings is 1. The third-order valence-corrected chi connectivity index (χ3v) is 7.04. The van der Waals surface area contributed by atoms with Crippen LogP contribution >= 0.6 is 0 Å². The van der Waals surface area contributed by atoms with Crippen molar-refractivity contribution in [2.75, 3.05) is 32.7 Å². The van der Waals surface area contributed by atoms with Crippen LogP contribution in [0.1, 0.15) is 15.9 Å². The number of benzene rings is 2. The maximum atomic E-state index is 12.9. The number of sulfonamides is 1. The van der Waals surface area contributed by atoms with Gasteiger partial charge in [-0.3, -0.25) is 14.7 Å². The lowest BCUT2D eigenvalue weighted by atomic mass is 10.1. The Morgan fingerprint density at radius 3 is 2.47 bits per heavy atom. The summed E-state index contributed by atoms with van der Waals surface area (Å²) < 4.78 is 26.8. The first-order chi connectivity index (χ1) is 15.5. The molecule has 2 heterocycles. The van der Waals surface area contributed by atoms with Gasteiger partial charge in [-0.2, -0.15) is 0 Å². The van der Waals surface area contributed by atoms with E-state index in [1.807, 2.05) is 17.2 Å². The molecule has 0 aliphatic carbocycles. The molecule has 4 rings (SSSR count). The highest BCUT2D eigenvalue weighted by atomic mass is 32.2. The van der Waals surface area contributed by atoms with E-state index in [0.717, 1.165) is 30.5 Å². The fraction of sp³-hybridized carbons (Fsp3) is 0.250. The third-order valence-electron chi connectivity index (χ3n) is 5.60. The van der Waals surface area contributed by atoms with Crippen LogP contribution in [0.25, 0.3) is 10.9 Å². The summed E-state index contributed by atoms with van der Waals surface area (Å²) in [6.07, 6.45) is 3.29. The summed E-state index contributed by atoms with van der Waals surface area (Å²) in [6, 6.07) is 16.3. The summed E-state index contributed by atoms with van der Waals surface area (Å²) in [7, 11) is -3.60. The standard InChI is InChI=1S/C24H26N4O3S/c1-2-12-26-32(30,31)22-10-8-20(9-11-22)24(29)28-16-14-27(15-17-28)18-21-6-3-5-19-7-4-13-25-23(19)21/h2-11,13,26H,1,12,14-18H2. The van der Waals surface area contributed by atoms with E-state index in [-0.39, 0.29) is 17.3 Å². The maximum Gasteiger partial charge on any atom is 0.253 e. The second-order valence-corrected chi connectivity index (χ2v) is 9.49. The van der Waals surface area contributed by atoms with Crippen molar-refractivity contribution in [1.82, 2.24) is 19.5 Å². The quantitative estimate of drug-likeness (QED) is 0.560. The molecule has 0 unspecified atom stereocenters. The van der Waals surface area contributed by atoms with Crippen LogP contribution in [0.15, 0.2) is 78.3 Å². The molecule has 1 amide bonds. The number of fused-ring (bicyclic) bond motifs is 1. The lowest BCUT2D eigenvalue weighted by molar-refractivity contribution is 0.0628. The van der Waals surface area contributed by atoms with Crippen molar-refractivity contribution < 1.29 is 13.2 Å². The number of hydrogen-bond acceptors (Lipinski definition) is 5. The normalized spacial score (nSPS) is 15.1. The fourth-order valence-electron chi connectivity index (χ4n) is 3.86. The van der Waals surface area contributed by atoms with E-state index in [0.29, 0.717) is 18.7 Å². The van der Waals surface area contributed by atoms with Crippen molar-refractivity contribution in [3.8, 4) is 0 Å². The second-order valence-electron chi connectivity index (χ2n) is 7.73. The molecule has 1 fully saturated rings. The van der Waals surface area contributed by atoms with Gasteiger partial charge >= 0.3 is 0 Å². The van der Waals surface area contributed by atoms with E-state index in [9.17, 15) is 13.2 Å². The molecule has 1 N–H and O–H groups in total. The number of rotatable bonds is 7. The van der Waals surface area contributed by atoms with Gasteiger partial charge in [-0.05, 0) is 35.9 Å². The van der Waals surface area contributed by atoms with Crippen molar-refractivity contribution in [2.24, 2.45) is 0 Å². The molecule has 8 heteroatoms. The summed E-state index contributed by atoms with van der Waals surface area (Å²) in [6.45, 7) is 7.24. The molecule has 3 aromatic rings. The van der Waals surface area contributed by atoms with Crippen molar-refractivity contribution in [1.29, 1.82) is 0 Å². The predicted octanol–water partition coefficient (Wildman–Crippen LogP) is 2.66. The number of para-hydroxylation sites is 1. The van der Waals surface area contributed by atoms with Gasteiger partial charge in [0.1, 0.15) is 0 Å². The topological polar surface area (TPSA) is 82.6 Å². The smallest absolute Gasteiger partial charge is 0.253 e. The number of hydrogen-bond donors (Lipinski definition) is 1. The molecule has 0 saturated carbocycles. The molecule has 7 nitrogen and oxygen atoms in total. The SMILES string of the molecule is C=CCNS(=O)(=O)c1ccc(C(=O)N2CCN(Cc3cccc4cccnc34)CC2)cc1. The van der Waals surface area contributed by atoms with Crippen molar-refractivity contribution in [3.05, 3.63) is 84.6 Å². The molecule has 0 radical (unpaired) electrons. The Morgan fingerprint density at radius 1 is 1.03 bits per heavy atom. The zero-order chi connectivity index (χ0) is 22.6. The fourth-order valence-corrected chi connectivity index (χ4v) is 4.85. The number of carbonyl (C=O) groups excluding carboxylic acids is 1. The number of amides is 1. The van der Waals surface area contributed by atoms with E-state index in [1.54, 1.807) is 12.1 Å². The van der Waals surface area contributed by atoms with Gasteiger partial charge in [-0.25, -0.2) is 13.1 Å². The molecular weight excluding hydrogens is 424 g/mol. The van der Waals surface area contributed by atoms with Gasteiger partial charge in [0, 0.05) is 56.4 Å². The van der Waals surface area contributed by atoms with Gasteiger partial charge in [-0.15, -0.1) is 6.58 Å². The number of carbonyl (C=O) groups is 1. The molecule has 0 atom stereocenters. The first kappa shape index (κ1) is 22.1. The first-order valence-electron chi connectivity index (χ1n) is 10.5. The Labute approximate surface area is 188 Å². The Balaban J connectivity index is 1.37. The van der Waals surface area contributed by atoms with Crippen LogP contribution in [0.2, 0.25) is 0 Å². The van der Waals surface area contributed by atoms with E-state index >= 15 is 0 Å². The Morgan fingerprint density at radius 2 is 1.75 bits per heavy atom. The Kier molecular flexibility index (Phi) is 6.64.